The number of rotatable bonds is 3. The molecule has 0 saturated carbocycles. The lowest BCUT2D eigenvalue weighted by atomic mass is 10.1. The van der Waals surface area contributed by atoms with Gasteiger partial charge in [0.05, 0.1) is 6.42 Å². The predicted octanol–water partition coefficient (Wildman–Crippen LogP) is 1.88. The standard InChI is InChI=1S/C13H16F2N2O.ClH/c14-10-4-3-9(12(15)7-10)6-13(18)17-5-1-2-11(17)8-16;/h3-4,7,11H,1-2,5-6,8,16H2;1H. The van der Waals surface area contributed by atoms with Crippen molar-refractivity contribution >= 4 is 18.3 Å². The van der Waals surface area contributed by atoms with Gasteiger partial charge in [-0.2, -0.15) is 0 Å². The molecule has 1 amide bonds. The molecule has 19 heavy (non-hydrogen) atoms. The van der Waals surface area contributed by atoms with Gasteiger partial charge in [-0.1, -0.05) is 6.07 Å². The van der Waals surface area contributed by atoms with E-state index < -0.39 is 11.6 Å². The van der Waals surface area contributed by atoms with Crippen LogP contribution in [0.4, 0.5) is 8.78 Å². The molecule has 0 bridgehead atoms. The fourth-order valence-electron chi connectivity index (χ4n) is 2.34. The summed E-state index contributed by atoms with van der Waals surface area (Å²) in [6.07, 6.45) is 1.79. The molecule has 2 rings (SSSR count). The minimum Gasteiger partial charge on any atom is -0.338 e. The smallest absolute Gasteiger partial charge is 0.227 e. The van der Waals surface area contributed by atoms with Crippen molar-refractivity contribution in [3.05, 3.63) is 35.4 Å². The van der Waals surface area contributed by atoms with Gasteiger partial charge in [-0.05, 0) is 24.5 Å². The third-order valence-corrected chi connectivity index (χ3v) is 3.33. The molecule has 106 valence electrons. The molecule has 3 nitrogen and oxygen atoms in total. The number of amides is 1. The maximum atomic E-state index is 13.4. The van der Waals surface area contributed by atoms with Gasteiger partial charge >= 0.3 is 0 Å². The number of carbonyl (C=O) groups is 1. The quantitative estimate of drug-likeness (QED) is 0.924. The molecule has 1 heterocycles. The van der Waals surface area contributed by atoms with Gasteiger partial charge in [0.2, 0.25) is 5.91 Å². The topological polar surface area (TPSA) is 46.3 Å². The second-order valence-corrected chi connectivity index (χ2v) is 4.53. The van der Waals surface area contributed by atoms with Gasteiger partial charge in [-0.25, -0.2) is 8.78 Å². The first kappa shape index (κ1) is 15.9. The van der Waals surface area contributed by atoms with E-state index in [2.05, 4.69) is 0 Å². The van der Waals surface area contributed by atoms with Gasteiger partial charge in [0.15, 0.2) is 0 Å². The van der Waals surface area contributed by atoms with Crippen LogP contribution in [0, 0.1) is 11.6 Å². The van der Waals surface area contributed by atoms with Crippen molar-refractivity contribution in [2.45, 2.75) is 25.3 Å². The van der Waals surface area contributed by atoms with Crippen molar-refractivity contribution in [3.63, 3.8) is 0 Å². The summed E-state index contributed by atoms with van der Waals surface area (Å²) >= 11 is 0. The van der Waals surface area contributed by atoms with Crippen LogP contribution in [0.3, 0.4) is 0 Å². The van der Waals surface area contributed by atoms with Gasteiger partial charge in [0, 0.05) is 25.2 Å². The van der Waals surface area contributed by atoms with Crippen LogP contribution in [0.2, 0.25) is 0 Å². The number of halogens is 3. The Hall–Kier alpha value is -1.20. The summed E-state index contributed by atoms with van der Waals surface area (Å²) in [6.45, 7) is 1.10. The van der Waals surface area contributed by atoms with Crippen LogP contribution in [-0.2, 0) is 11.2 Å². The van der Waals surface area contributed by atoms with Crippen LogP contribution in [0.1, 0.15) is 18.4 Å². The molecule has 6 heteroatoms. The molecule has 0 spiro atoms. The molecule has 1 aliphatic rings. The molecule has 0 aromatic heterocycles. The SMILES string of the molecule is Cl.NCC1CCCN1C(=O)Cc1ccc(F)cc1F. The average Bonchev–Trinajstić information content (AvgIpc) is 2.81. The monoisotopic (exact) mass is 290 g/mol. The van der Waals surface area contributed by atoms with E-state index in [-0.39, 0.29) is 36.3 Å². The lowest BCUT2D eigenvalue weighted by Crippen LogP contribution is -2.40. The summed E-state index contributed by atoms with van der Waals surface area (Å²) in [5, 5.41) is 0. The van der Waals surface area contributed by atoms with E-state index in [0.717, 1.165) is 25.0 Å². The summed E-state index contributed by atoms with van der Waals surface area (Å²) < 4.78 is 26.2. The largest absolute Gasteiger partial charge is 0.338 e. The lowest BCUT2D eigenvalue weighted by molar-refractivity contribution is -0.131. The Morgan fingerprint density at radius 1 is 1.42 bits per heavy atom. The number of hydrogen-bond acceptors (Lipinski definition) is 2. The molecule has 0 aliphatic carbocycles. The fourth-order valence-corrected chi connectivity index (χ4v) is 2.34. The summed E-state index contributed by atoms with van der Waals surface area (Å²) in [4.78, 5) is 13.7. The van der Waals surface area contributed by atoms with Gasteiger partial charge in [0.1, 0.15) is 11.6 Å². The Labute approximate surface area is 117 Å². The van der Waals surface area contributed by atoms with E-state index in [0.29, 0.717) is 13.1 Å². The van der Waals surface area contributed by atoms with Crippen LogP contribution in [-0.4, -0.2) is 29.9 Å². The van der Waals surface area contributed by atoms with E-state index in [9.17, 15) is 13.6 Å². The van der Waals surface area contributed by atoms with Crippen LogP contribution < -0.4 is 5.73 Å². The zero-order valence-corrected chi connectivity index (χ0v) is 11.3. The highest BCUT2D eigenvalue weighted by atomic mass is 35.5. The van der Waals surface area contributed by atoms with E-state index in [1.807, 2.05) is 0 Å². The van der Waals surface area contributed by atoms with Gasteiger partial charge in [-0.3, -0.25) is 4.79 Å². The summed E-state index contributed by atoms with van der Waals surface area (Å²) in [5.41, 5.74) is 5.81. The molecule has 0 radical (unpaired) electrons. The van der Waals surface area contributed by atoms with E-state index in [1.54, 1.807) is 4.90 Å². The van der Waals surface area contributed by atoms with Crippen molar-refractivity contribution in [3.8, 4) is 0 Å². The number of nitrogens with zero attached hydrogens (tertiary/aromatic N) is 1. The highest BCUT2D eigenvalue weighted by molar-refractivity contribution is 5.85. The third kappa shape index (κ3) is 3.64. The Balaban J connectivity index is 0.00000180. The Morgan fingerprint density at radius 2 is 2.16 bits per heavy atom. The first-order valence-corrected chi connectivity index (χ1v) is 6.05. The van der Waals surface area contributed by atoms with Crippen LogP contribution in [0.15, 0.2) is 18.2 Å². The molecular weight excluding hydrogens is 274 g/mol. The normalized spacial score (nSPS) is 18.3. The lowest BCUT2D eigenvalue weighted by Gasteiger charge is -2.23. The van der Waals surface area contributed by atoms with Crippen LogP contribution >= 0.6 is 12.4 Å². The number of benzene rings is 1. The fraction of sp³-hybridized carbons (Fsp3) is 0.462. The van der Waals surface area contributed by atoms with Crippen LogP contribution in [0.5, 0.6) is 0 Å². The van der Waals surface area contributed by atoms with E-state index in [1.165, 1.54) is 6.07 Å². The number of hydrogen-bond donors (Lipinski definition) is 1. The minimum absolute atomic E-state index is 0. The van der Waals surface area contributed by atoms with Crippen molar-refractivity contribution in [1.82, 2.24) is 4.90 Å². The minimum atomic E-state index is -0.674. The average molecular weight is 291 g/mol. The van der Waals surface area contributed by atoms with Crippen molar-refractivity contribution in [2.75, 3.05) is 13.1 Å². The Bertz CT molecular complexity index is 456. The van der Waals surface area contributed by atoms with Crippen molar-refractivity contribution < 1.29 is 13.6 Å². The van der Waals surface area contributed by atoms with Gasteiger partial charge in [0.25, 0.3) is 0 Å². The molecular formula is C13H17ClF2N2O. The maximum Gasteiger partial charge on any atom is 0.227 e. The molecule has 1 atom stereocenters. The highest BCUT2D eigenvalue weighted by Crippen LogP contribution is 2.18. The Kier molecular flexibility index (Phi) is 5.69. The predicted molar refractivity (Wildman–Crippen MR) is 71.1 cm³/mol. The summed E-state index contributed by atoms with van der Waals surface area (Å²) in [5.74, 6) is -1.45. The van der Waals surface area contributed by atoms with E-state index >= 15 is 0 Å². The molecule has 1 saturated heterocycles. The molecule has 1 fully saturated rings. The molecule has 1 unspecified atom stereocenters. The van der Waals surface area contributed by atoms with E-state index in [4.69, 9.17) is 5.73 Å². The summed E-state index contributed by atoms with van der Waals surface area (Å²) in [7, 11) is 0. The van der Waals surface area contributed by atoms with Gasteiger partial charge < -0.3 is 10.6 Å². The molecule has 1 aromatic carbocycles. The maximum absolute atomic E-state index is 13.4. The first-order valence-electron chi connectivity index (χ1n) is 6.05. The third-order valence-electron chi connectivity index (χ3n) is 3.33. The zero-order chi connectivity index (χ0) is 13.1. The summed E-state index contributed by atoms with van der Waals surface area (Å²) in [6, 6.07) is 3.33. The van der Waals surface area contributed by atoms with Gasteiger partial charge in [-0.15, -0.1) is 12.4 Å². The number of carbonyl (C=O) groups excluding carboxylic acids is 1. The first-order chi connectivity index (χ1) is 8.61. The molecule has 1 aliphatic heterocycles. The Morgan fingerprint density at radius 3 is 2.79 bits per heavy atom. The van der Waals surface area contributed by atoms with Crippen LogP contribution in [0.25, 0.3) is 0 Å². The van der Waals surface area contributed by atoms with Crippen molar-refractivity contribution in [1.29, 1.82) is 0 Å². The zero-order valence-electron chi connectivity index (χ0n) is 10.4. The number of likely N-dealkylation sites (tertiary alicyclic amines) is 1. The second-order valence-electron chi connectivity index (χ2n) is 4.53. The number of nitrogens with two attached hydrogens (primary N) is 1. The molecule has 2 N–H and O–H groups in total. The second kappa shape index (κ2) is 6.82. The van der Waals surface area contributed by atoms with Crippen molar-refractivity contribution in [2.24, 2.45) is 5.73 Å². The molecule has 1 aromatic rings. The highest BCUT2D eigenvalue weighted by Gasteiger charge is 2.27.